The number of ether oxygens (including phenoxy) is 2. The molecule has 24 heavy (non-hydrogen) atoms. The lowest BCUT2D eigenvalue weighted by Gasteiger charge is -2.18. The molecule has 0 bridgehead atoms. The first-order chi connectivity index (χ1) is 11.5. The van der Waals surface area contributed by atoms with E-state index in [0.29, 0.717) is 0 Å². The lowest BCUT2D eigenvalue weighted by atomic mass is 10.1. The SMILES string of the molecule is CCCCCC1(OC(=O)CCC(=O)OC2(CCCCC)CC2)CC1. The summed E-state index contributed by atoms with van der Waals surface area (Å²) >= 11 is 0. The normalized spacial score (nSPS) is 19.6. The molecule has 2 saturated carbocycles. The van der Waals surface area contributed by atoms with Crippen molar-refractivity contribution in [2.45, 2.75) is 115 Å². The molecule has 0 heterocycles. The summed E-state index contributed by atoms with van der Waals surface area (Å²) in [7, 11) is 0. The summed E-state index contributed by atoms with van der Waals surface area (Å²) in [5.41, 5.74) is -0.401. The quantitative estimate of drug-likeness (QED) is 0.347. The molecule has 0 aromatic heterocycles. The predicted octanol–water partition coefficient (Wildman–Crippen LogP) is 5.08. The molecule has 0 aromatic rings. The van der Waals surface area contributed by atoms with E-state index in [1.165, 1.54) is 25.7 Å². The third-order valence-corrected chi connectivity index (χ3v) is 5.28. The molecular formula is C20H34O4. The van der Waals surface area contributed by atoms with Gasteiger partial charge in [0.15, 0.2) is 0 Å². The van der Waals surface area contributed by atoms with Gasteiger partial charge in [-0.3, -0.25) is 9.59 Å². The number of hydrogen-bond acceptors (Lipinski definition) is 4. The number of hydrogen-bond donors (Lipinski definition) is 0. The summed E-state index contributed by atoms with van der Waals surface area (Å²) in [5.74, 6) is -0.478. The summed E-state index contributed by atoms with van der Waals surface area (Å²) in [6.45, 7) is 4.35. The maximum atomic E-state index is 12.0. The zero-order valence-corrected chi connectivity index (χ0v) is 15.5. The number of esters is 2. The van der Waals surface area contributed by atoms with Crippen LogP contribution in [-0.2, 0) is 19.1 Å². The standard InChI is InChI=1S/C20H34O4/c1-3-5-7-11-19(13-14-19)23-17(21)9-10-18(22)24-20(15-16-20)12-8-6-4-2/h3-16H2,1-2H3. The molecule has 0 aliphatic heterocycles. The molecule has 0 radical (unpaired) electrons. The van der Waals surface area contributed by atoms with Gasteiger partial charge in [0.05, 0.1) is 12.8 Å². The molecule has 0 unspecified atom stereocenters. The van der Waals surface area contributed by atoms with Gasteiger partial charge in [-0.05, 0) is 51.4 Å². The second-order valence-electron chi connectivity index (χ2n) is 7.73. The van der Waals surface area contributed by atoms with Gasteiger partial charge in [0.1, 0.15) is 11.2 Å². The highest BCUT2D eigenvalue weighted by Gasteiger charge is 2.47. The van der Waals surface area contributed by atoms with Gasteiger partial charge in [0.2, 0.25) is 0 Å². The topological polar surface area (TPSA) is 52.6 Å². The minimum absolute atomic E-state index is 0.152. The van der Waals surface area contributed by atoms with Crippen LogP contribution in [0.3, 0.4) is 0 Å². The fourth-order valence-electron chi connectivity index (χ4n) is 3.27. The van der Waals surface area contributed by atoms with Crippen LogP contribution in [-0.4, -0.2) is 23.1 Å². The monoisotopic (exact) mass is 338 g/mol. The van der Waals surface area contributed by atoms with Gasteiger partial charge in [0.25, 0.3) is 0 Å². The van der Waals surface area contributed by atoms with Crippen molar-refractivity contribution in [1.82, 2.24) is 0 Å². The minimum atomic E-state index is -0.239. The van der Waals surface area contributed by atoms with Crippen LogP contribution in [0.2, 0.25) is 0 Å². The van der Waals surface area contributed by atoms with Gasteiger partial charge < -0.3 is 9.47 Å². The molecule has 2 fully saturated rings. The highest BCUT2D eigenvalue weighted by Crippen LogP contribution is 2.45. The van der Waals surface area contributed by atoms with Crippen LogP contribution in [0.4, 0.5) is 0 Å². The first-order valence-corrected chi connectivity index (χ1v) is 9.97. The minimum Gasteiger partial charge on any atom is -0.459 e. The van der Waals surface area contributed by atoms with E-state index < -0.39 is 0 Å². The summed E-state index contributed by atoms with van der Waals surface area (Å²) in [4.78, 5) is 24.0. The first kappa shape index (κ1) is 19.3. The van der Waals surface area contributed by atoms with Gasteiger partial charge in [0, 0.05) is 0 Å². The average molecular weight is 338 g/mol. The van der Waals surface area contributed by atoms with E-state index in [2.05, 4.69) is 13.8 Å². The summed E-state index contributed by atoms with van der Waals surface area (Å²) in [6, 6.07) is 0. The Balaban J connectivity index is 1.60. The highest BCUT2D eigenvalue weighted by atomic mass is 16.6. The van der Waals surface area contributed by atoms with Crippen molar-refractivity contribution in [2.24, 2.45) is 0 Å². The Bertz CT molecular complexity index is 381. The van der Waals surface area contributed by atoms with Crippen LogP contribution in [0.15, 0.2) is 0 Å². The average Bonchev–Trinajstić information content (AvgIpc) is 3.46. The summed E-state index contributed by atoms with van der Waals surface area (Å²) < 4.78 is 11.2. The zero-order valence-electron chi connectivity index (χ0n) is 15.5. The molecule has 0 aromatic carbocycles. The van der Waals surface area contributed by atoms with Crippen molar-refractivity contribution >= 4 is 11.9 Å². The van der Waals surface area contributed by atoms with Crippen LogP contribution >= 0.6 is 0 Å². The third kappa shape index (κ3) is 6.45. The van der Waals surface area contributed by atoms with Crippen molar-refractivity contribution in [3.63, 3.8) is 0 Å². The van der Waals surface area contributed by atoms with Crippen LogP contribution < -0.4 is 0 Å². The molecule has 2 rings (SSSR count). The van der Waals surface area contributed by atoms with E-state index in [4.69, 9.17) is 9.47 Å². The van der Waals surface area contributed by atoms with E-state index in [-0.39, 0.29) is 36.0 Å². The van der Waals surface area contributed by atoms with Gasteiger partial charge in [-0.25, -0.2) is 0 Å². The molecule has 0 spiro atoms. The summed E-state index contributed by atoms with van der Waals surface area (Å²) in [5, 5.41) is 0. The molecule has 2 aliphatic rings. The molecule has 4 heteroatoms. The van der Waals surface area contributed by atoms with Gasteiger partial charge >= 0.3 is 11.9 Å². The predicted molar refractivity (Wildman–Crippen MR) is 93.6 cm³/mol. The Kier molecular flexibility index (Phi) is 7.12. The molecule has 0 atom stereocenters. The molecule has 2 aliphatic carbocycles. The zero-order chi connectivity index (χ0) is 17.5. The Morgan fingerprint density at radius 3 is 1.38 bits per heavy atom. The van der Waals surface area contributed by atoms with Crippen molar-refractivity contribution in [2.75, 3.05) is 0 Å². The number of carbonyl (C=O) groups excluding carboxylic acids is 2. The van der Waals surface area contributed by atoms with Crippen molar-refractivity contribution in [3.8, 4) is 0 Å². The Hall–Kier alpha value is -1.06. The summed E-state index contributed by atoms with van der Waals surface area (Å²) in [6.07, 6.45) is 13.1. The Morgan fingerprint density at radius 2 is 1.08 bits per heavy atom. The molecule has 0 amide bonds. The highest BCUT2D eigenvalue weighted by molar-refractivity contribution is 5.78. The number of unbranched alkanes of at least 4 members (excludes halogenated alkanes) is 4. The fourth-order valence-corrected chi connectivity index (χ4v) is 3.27. The maximum absolute atomic E-state index is 12.0. The third-order valence-electron chi connectivity index (χ3n) is 5.28. The Labute approximate surface area is 146 Å². The van der Waals surface area contributed by atoms with E-state index in [0.717, 1.165) is 51.4 Å². The first-order valence-electron chi connectivity index (χ1n) is 9.97. The smallest absolute Gasteiger partial charge is 0.306 e. The maximum Gasteiger partial charge on any atom is 0.306 e. The van der Waals surface area contributed by atoms with E-state index >= 15 is 0 Å². The molecular weight excluding hydrogens is 304 g/mol. The molecule has 0 N–H and O–H groups in total. The molecule has 138 valence electrons. The second kappa shape index (κ2) is 8.87. The van der Waals surface area contributed by atoms with Gasteiger partial charge in [-0.1, -0.05) is 39.5 Å². The van der Waals surface area contributed by atoms with E-state index in [9.17, 15) is 9.59 Å². The van der Waals surface area contributed by atoms with Gasteiger partial charge in [-0.15, -0.1) is 0 Å². The number of carbonyl (C=O) groups is 2. The lowest BCUT2D eigenvalue weighted by molar-refractivity contribution is -0.158. The van der Waals surface area contributed by atoms with Gasteiger partial charge in [-0.2, -0.15) is 0 Å². The van der Waals surface area contributed by atoms with E-state index in [1.54, 1.807) is 0 Å². The second-order valence-corrected chi connectivity index (χ2v) is 7.73. The van der Waals surface area contributed by atoms with Crippen LogP contribution in [0.5, 0.6) is 0 Å². The van der Waals surface area contributed by atoms with E-state index in [1.807, 2.05) is 0 Å². The largest absolute Gasteiger partial charge is 0.459 e. The molecule has 0 saturated heterocycles. The van der Waals surface area contributed by atoms with Crippen LogP contribution in [0.1, 0.15) is 104 Å². The van der Waals surface area contributed by atoms with Crippen LogP contribution in [0, 0.1) is 0 Å². The lowest BCUT2D eigenvalue weighted by Crippen LogP contribution is -2.23. The van der Waals surface area contributed by atoms with Crippen LogP contribution in [0.25, 0.3) is 0 Å². The molecule has 4 nitrogen and oxygen atoms in total. The number of rotatable bonds is 13. The fraction of sp³-hybridized carbons (Fsp3) is 0.900. The van der Waals surface area contributed by atoms with Crippen molar-refractivity contribution < 1.29 is 19.1 Å². The Morgan fingerprint density at radius 1 is 0.708 bits per heavy atom. The van der Waals surface area contributed by atoms with Crippen molar-refractivity contribution in [3.05, 3.63) is 0 Å². The van der Waals surface area contributed by atoms with Crippen molar-refractivity contribution in [1.29, 1.82) is 0 Å².